The van der Waals surface area contributed by atoms with Crippen LogP contribution in [0.3, 0.4) is 0 Å². The summed E-state index contributed by atoms with van der Waals surface area (Å²) in [6, 6.07) is 13.1. The molecule has 0 aromatic heterocycles. The van der Waals surface area contributed by atoms with Gasteiger partial charge in [-0.3, -0.25) is 9.10 Å². The van der Waals surface area contributed by atoms with E-state index in [1.165, 1.54) is 16.9 Å². The molecule has 2 aromatic rings. The van der Waals surface area contributed by atoms with Crippen LogP contribution < -0.4 is 9.62 Å². The quantitative estimate of drug-likeness (QED) is 0.840. The molecule has 1 N–H and O–H groups in total. The lowest BCUT2D eigenvalue weighted by Crippen LogP contribution is -2.30. The molecule has 140 valence electrons. The molecule has 6 heteroatoms. The fourth-order valence-electron chi connectivity index (χ4n) is 2.85. The van der Waals surface area contributed by atoms with Gasteiger partial charge in [-0.2, -0.15) is 0 Å². The van der Waals surface area contributed by atoms with Crippen molar-refractivity contribution < 1.29 is 13.2 Å². The summed E-state index contributed by atoms with van der Waals surface area (Å²) in [7, 11) is -1.91. The maximum atomic E-state index is 12.8. The van der Waals surface area contributed by atoms with Gasteiger partial charge in [-0.1, -0.05) is 42.8 Å². The third kappa shape index (κ3) is 4.43. The minimum Gasteiger partial charge on any atom is -0.345 e. The smallest absolute Gasteiger partial charge is 0.252 e. The first-order valence-electron chi connectivity index (χ1n) is 8.56. The highest BCUT2D eigenvalue weighted by Crippen LogP contribution is 2.25. The molecule has 5 nitrogen and oxygen atoms in total. The Bertz CT molecular complexity index is 890. The molecule has 26 heavy (non-hydrogen) atoms. The topological polar surface area (TPSA) is 66.5 Å². The van der Waals surface area contributed by atoms with E-state index in [1.54, 1.807) is 25.1 Å². The van der Waals surface area contributed by atoms with Gasteiger partial charge in [0, 0.05) is 12.6 Å². The first kappa shape index (κ1) is 20.0. The van der Waals surface area contributed by atoms with Crippen LogP contribution in [0.5, 0.6) is 0 Å². The molecule has 0 aliphatic carbocycles. The van der Waals surface area contributed by atoms with Crippen molar-refractivity contribution in [3.05, 3.63) is 64.7 Å². The van der Waals surface area contributed by atoms with Crippen molar-refractivity contribution in [2.24, 2.45) is 0 Å². The molecule has 1 atom stereocenters. The van der Waals surface area contributed by atoms with E-state index in [9.17, 15) is 13.2 Å². The number of carbonyl (C=O) groups is 1. The van der Waals surface area contributed by atoms with Crippen LogP contribution in [0.15, 0.2) is 42.5 Å². The molecule has 0 aliphatic rings. The van der Waals surface area contributed by atoms with E-state index in [4.69, 9.17) is 0 Å². The summed E-state index contributed by atoms with van der Waals surface area (Å²) in [6.45, 7) is 5.81. The highest BCUT2D eigenvalue weighted by atomic mass is 32.2. The maximum absolute atomic E-state index is 12.8. The molecule has 0 fully saturated rings. The highest BCUT2D eigenvalue weighted by molar-refractivity contribution is 7.92. The largest absolute Gasteiger partial charge is 0.345 e. The third-order valence-corrected chi connectivity index (χ3v) is 5.77. The minimum atomic E-state index is -3.39. The van der Waals surface area contributed by atoms with Gasteiger partial charge in [0.25, 0.3) is 5.91 Å². The molecule has 0 bridgehead atoms. The van der Waals surface area contributed by atoms with Crippen molar-refractivity contribution in [3.8, 4) is 0 Å². The third-order valence-electron chi connectivity index (χ3n) is 4.58. The van der Waals surface area contributed by atoms with Crippen molar-refractivity contribution in [2.75, 3.05) is 17.6 Å². The number of hydrogen-bond acceptors (Lipinski definition) is 3. The molecule has 0 saturated carbocycles. The number of hydrogen-bond donors (Lipinski definition) is 1. The van der Waals surface area contributed by atoms with Crippen LogP contribution in [-0.4, -0.2) is 27.6 Å². The second-order valence-corrected chi connectivity index (χ2v) is 8.54. The van der Waals surface area contributed by atoms with Gasteiger partial charge in [0.2, 0.25) is 10.0 Å². The van der Waals surface area contributed by atoms with Crippen LogP contribution >= 0.6 is 0 Å². The summed E-state index contributed by atoms with van der Waals surface area (Å²) < 4.78 is 24.8. The van der Waals surface area contributed by atoms with E-state index < -0.39 is 10.0 Å². The first-order valence-corrected chi connectivity index (χ1v) is 10.4. The molecule has 0 radical (unpaired) electrons. The molecule has 1 amide bonds. The van der Waals surface area contributed by atoms with Crippen molar-refractivity contribution >= 4 is 21.6 Å². The normalized spacial score (nSPS) is 12.5. The van der Waals surface area contributed by atoms with E-state index in [0.717, 1.165) is 18.2 Å². The van der Waals surface area contributed by atoms with Crippen LogP contribution in [0.1, 0.15) is 46.4 Å². The Labute approximate surface area is 156 Å². The summed E-state index contributed by atoms with van der Waals surface area (Å²) in [5.74, 6) is -0.210. The zero-order valence-corrected chi connectivity index (χ0v) is 16.7. The van der Waals surface area contributed by atoms with Gasteiger partial charge in [0.1, 0.15) is 0 Å². The fourth-order valence-corrected chi connectivity index (χ4v) is 3.40. The Hall–Kier alpha value is -2.34. The molecule has 0 aliphatic heterocycles. The lowest BCUT2D eigenvalue weighted by atomic mass is 10.0. The van der Waals surface area contributed by atoms with Crippen LogP contribution in [0, 0.1) is 13.8 Å². The maximum Gasteiger partial charge on any atom is 0.252 e. The summed E-state index contributed by atoms with van der Waals surface area (Å²) in [6.07, 6.45) is 1.90. The standard InChI is InChI=1S/C20H26N2O3S/c1-6-18(16-12-10-14(2)11-13-16)21-20(23)17-8-7-9-19(15(17)3)22(4)26(5,24)25/h7-13,18H,6H2,1-5H3,(H,21,23). The zero-order chi connectivity index (χ0) is 19.5. The fraction of sp³-hybridized carbons (Fsp3) is 0.350. The molecular weight excluding hydrogens is 348 g/mol. The lowest BCUT2D eigenvalue weighted by molar-refractivity contribution is 0.0935. The number of rotatable bonds is 6. The number of anilines is 1. The Kier molecular flexibility index (Phi) is 6.08. The number of nitrogens with one attached hydrogen (secondary N) is 1. The van der Waals surface area contributed by atoms with Gasteiger partial charge in [0.15, 0.2) is 0 Å². The molecule has 1 unspecified atom stereocenters. The lowest BCUT2D eigenvalue weighted by Gasteiger charge is -2.22. The Morgan fingerprint density at radius 2 is 1.73 bits per heavy atom. The molecule has 2 rings (SSSR count). The second kappa shape index (κ2) is 7.91. The second-order valence-electron chi connectivity index (χ2n) is 6.53. The highest BCUT2D eigenvalue weighted by Gasteiger charge is 2.20. The van der Waals surface area contributed by atoms with Gasteiger partial charge >= 0.3 is 0 Å². The van der Waals surface area contributed by atoms with Crippen molar-refractivity contribution in [2.45, 2.75) is 33.2 Å². The Balaban J connectivity index is 2.30. The summed E-state index contributed by atoms with van der Waals surface area (Å²) in [5, 5.41) is 3.06. The van der Waals surface area contributed by atoms with Crippen molar-refractivity contribution in [1.29, 1.82) is 0 Å². The number of aryl methyl sites for hydroxylation is 1. The number of carbonyl (C=O) groups excluding carboxylic acids is 1. The first-order chi connectivity index (χ1) is 12.1. The average molecular weight is 375 g/mol. The predicted octanol–water partition coefficient (Wildman–Crippen LogP) is 3.58. The van der Waals surface area contributed by atoms with Gasteiger partial charge < -0.3 is 5.32 Å². The summed E-state index contributed by atoms with van der Waals surface area (Å²) in [4.78, 5) is 12.8. The summed E-state index contributed by atoms with van der Waals surface area (Å²) in [5.41, 5.74) is 3.83. The number of nitrogens with zero attached hydrogens (tertiary/aromatic N) is 1. The van der Waals surface area contributed by atoms with Gasteiger partial charge in [-0.25, -0.2) is 8.42 Å². The monoisotopic (exact) mass is 374 g/mol. The van der Waals surface area contributed by atoms with Gasteiger partial charge in [-0.15, -0.1) is 0 Å². The molecule has 0 spiro atoms. The van der Waals surface area contributed by atoms with Crippen LogP contribution in [0.2, 0.25) is 0 Å². The molecule has 0 heterocycles. The molecule has 0 saturated heterocycles. The van der Waals surface area contributed by atoms with Crippen molar-refractivity contribution in [3.63, 3.8) is 0 Å². The van der Waals surface area contributed by atoms with E-state index in [0.29, 0.717) is 16.8 Å². The van der Waals surface area contributed by atoms with E-state index in [2.05, 4.69) is 5.32 Å². The van der Waals surface area contributed by atoms with Crippen molar-refractivity contribution in [1.82, 2.24) is 5.32 Å². The van der Waals surface area contributed by atoms with Crippen LogP contribution in [0.25, 0.3) is 0 Å². The SMILES string of the molecule is CCC(NC(=O)c1cccc(N(C)S(C)(=O)=O)c1C)c1ccc(C)cc1. The molecule has 2 aromatic carbocycles. The predicted molar refractivity (Wildman–Crippen MR) is 106 cm³/mol. The van der Waals surface area contributed by atoms with E-state index in [1.807, 2.05) is 38.1 Å². The van der Waals surface area contributed by atoms with Gasteiger partial charge in [0.05, 0.1) is 18.0 Å². The van der Waals surface area contributed by atoms with E-state index in [-0.39, 0.29) is 11.9 Å². The number of amides is 1. The summed E-state index contributed by atoms with van der Waals surface area (Å²) >= 11 is 0. The number of benzene rings is 2. The van der Waals surface area contributed by atoms with Gasteiger partial charge in [-0.05, 0) is 43.5 Å². The average Bonchev–Trinajstić information content (AvgIpc) is 2.59. The van der Waals surface area contributed by atoms with E-state index >= 15 is 0 Å². The Morgan fingerprint density at radius 1 is 1.12 bits per heavy atom. The molecular formula is C20H26N2O3S. The zero-order valence-electron chi connectivity index (χ0n) is 15.9. The number of sulfonamides is 1. The minimum absolute atomic E-state index is 0.0983. The Morgan fingerprint density at radius 3 is 2.27 bits per heavy atom. The van der Waals surface area contributed by atoms with Crippen LogP contribution in [0.4, 0.5) is 5.69 Å². The van der Waals surface area contributed by atoms with Crippen LogP contribution in [-0.2, 0) is 10.0 Å².